The van der Waals surface area contributed by atoms with E-state index in [0.717, 1.165) is 5.56 Å². The number of benzene rings is 1. The van der Waals surface area contributed by atoms with Gasteiger partial charge in [-0.25, -0.2) is 0 Å². The molecule has 0 radical (unpaired) electrons. The predicted octanol–water partition coefficient (Wildman–Crippen LogP) is 3.15. The standard InChI is InChI=1S/C12H18ClNO/c1-4-15-12(2,3)11(14)9-7-5-6-8-10(9)13/h5-8,11H,4,14H2,1-3H3. The van der Waals surface area contributed by atoms with E-state index >= 15 is 0 Å². The Morgan fingerprint density at radius 2 is 2.00 bits per heavy atom. The Balaban J connectivity index is 2.93. The number of hydrogen-bond acceptors (Lipinski definition) is 2. The topological polar surface area (TPSA) is 35.2 Å². The molecular weight excluding hydrogens is 210 g/mol. The van der Waals surface area contributed by atoms with Crippen LogP contribution in [0.1, 0.15) is 32.4 Å². The number of hydrogen-bond donors (Lipinski definition) is 1. The summed E-state index contributed by atoms with van der Waals surface area (Å²) in [4.78, 5) is 0. The molecule has 0 aliphatic heterocycles. The molecule has 1 unspecified atom stereocenters. The lowest BCUT2D eigenvalue weighted by Crippen LogP contribution is -2.38. The molecule has 3 heteroatoms. The van der Waals surface area contributed by atoms with E-state index in [4.69, 9.17) is 22.1 Å². The van der Waals surface area contributed by atoms with E-state index in [2.05, 4.69) is 0 Å². The van der Waals surface area contributed by atoms with Crippen molar-refractivity contribution in [2.75, 3.05) is 6.61 Å². The van der Waals surface area contributed by atoms with Gasteiger partial charge in [0.25, 0.3) is 0 Å². The van der Waals surface area contributed by atoms with Gasteiger partial charge in [0.1, 0.15) is 0 Å². The van der Waals surface area contributed by atoms with Crippen molar-refractivity contribution in [2.45, 2.75) is 32.4 Å². The third kappa shape index (κ3) is 2.94. The van der Waals surface area contributed by atoms with E-state index in [-0.39, 0.29) is 6.04 Å². The number of nitrogens with two attached hydrogens (primary N) is 1. The van der Waals surface area contributed by atoms with Crippen LogP contribution in [0.4, 0.5) is 0 Å². The maximum absolute atomic E-state index is 6.15. The Hall–Kier alpha value is -0.570. The third-order valence-corrected chi connectivity index (χ3v) is 2.85. The molecule has 1 atom stereocenters. The Bertz CT molecular complexity index is 325. The number of ether oxygens (including phenoxy) is 1. The zero-order chi connectivity index (χ0) is 11.5. The van der Waals surface area contributed by atoms with Crippen molar-refractivity contribution in [2.24, 2.45) is 5.73 Å². The molecule has 1 rings (SSSR count). The maximum atomic E-state index is 6.15. The van der Waals surface area contributed by atoms with E-state index < -0.39 is 5.60 Å². The van der Waals surface area contributed by atoms with Gasteiger partial charge in [0.05, 0.1) is 11.6 Å². The summed E-state index contributed by atoms with van der Waals surface area (Å²) in [5, 5.41) is 0.692. The normalized spacial score (nSPS) is 13.9. The van der Waals surface area contributed by atoms with Crippen LogP contribution in [0.2, 0.25) is 5.02 Å². The van der Waals surface area contributed by atoms with E-state index in [9.17, 15) is 0 Å². The summed E-state index contributed by atoms with van der Waals surface area (Å²) in [7, 11) is 0. The first kappa shape index (κ1) is 12.5. The Labute approximate surface area is 96.4 Å². The lowest BCUT2D eigenvalue weighted by atomic mass is 9.92. The van der Waals surface area contributed by atoms with Crippen LogP contribution in [0.25, 0.3) is 0 Å². The molecule has 84 valence electrons. The van der Waals surface area contributed by atoms with E-state index in [1.807, 2.05) is 45.0 Å². The van der Waals surface area contributed by atoms with Crippen LogP contribution < -0.4 is 5.73 Å². The van der Waals surface area contributed by atoms with E-state index in [1.165, 1.54) is 0 Å². The Morgan fingerprint density at radius 1 is 1.40 bits per heavy atom. The fraction of sp³-hybridized carbons (Fsp3) is 0.500. The molecule has 0 bridgehead atoms. The van der Waals surface area contributed by atoms with Crippen LogP contribution >= 0.6 is 11.6 Å². The molecule has 0 spiro atoms. The van der Waals surface area contributed by atoms with Crippen LogP contribution in [-0.4, -0.2) is 12.2 Å². The maximum Gasteiger partial charge on any atom is 0.0818 e. The summed E-state index contributed by atoms with van der Waals surface area (Å²) < 4.78 is 5.62. The van der Waals surface area contributed by atoms with Crippen LogP contribution in [-0.2, 0) is 4.74 Å². The number of halogens is 1. The SMILES string of the molecule is CCOC(C)(C)C(N)c1ccccc1Cl. The average Bonchev–Trinajstić information content (AvgIpc) is 2.17. The fourth-order valence-corrected chi connectivity index (χ4v) is 1.82. The zero-order valence-electron chi connectivity index (χ0n) is 9.46. The molecule has 0 aliphatic carbocycles. The van der Waals surface area contributed by atoms with Gasteiger partial charge >= 0.3 is 0 Å². The molecule has 15 heavy (non-hydrogen) atoms. The molecule has 1 aromatic rings. The molecule has 0 aliphatic rings. The first-order valence-corrected chi connectivity index (χ1v) is 5.50. The summed E-state index contributed by atoms with van der Waals surface area (Å²) >= 11 is 6.09. The second-order valence-electron chi connectivity index (χ2n) is 4.04. The molecule has 0 amide bonds. The Kier molecular flexibility index (Phi) is 4.14. The summed E-state index contributed by atoms with van der Waals surface area (Å²) in [5.74, 6) is 0. The van der Waals surface area contributed by atoms with Gasteiger partial charge in [0, 0.05) is 11.6 Å². The van der Waals surface area contributed by atoms with Crippen molar-refractivity contribution < 1.29 is 4.74 Å². The third-order valence-electron chi connectivity index (χ3n) is 2.51. The molecule has 2 N–H and O–H groups in total. The van der Waals surface area contributed by atoms with Gasteiger partial charge in [-0.15, -0.1) is 0 Å². The molecule has 0 heterocycles. The van der Waals surface area contributed by atoms with Gasteiger partial charge in [-0.05, 0) is 32.4 Å². The largest absolute Gasteiger partial charge is 0.374 e. The average molecular weight is 228 g/mol. The van der Waals surface area contributed by atoms with Gasteiger partial charge in [0.15, 0.2) is 0 Å². The van der Waals surface area contributed by atoms with Crippen molar-refractivity contribution >= 4 is 11.6 Å². The van der Waals surface area contributed by atoms with Crippen LogP contribution in [0.15, 0.2) is 24.3 Å². The molecular formula is C12H18ClNO. The second kappa shape index (κ2) is 4.97. The van der Waals surface area contributed by atoms with Gasteiger partial charge in [-0.2, -0.15) is 0 Å². The highest BCUT2D eigenvalue weighted by molar-refractivity contribution is 6.31. The summed E-state index contributed by atoms with van der Waals surface area (Å²) in [6.45, 7) is 6.56. The van der Waals surface area contributed by atoms with Gasteiger partial charge in [-0.3, -0.25) is 0 Å². The van der Waals surface area contributed by atoms with Crippen molar-refractivity contribution in [1.82, 2.24) is 0 Å². The van der Waals surface area contributed by atoms with Gasteiger partial charge in [0.2, 0.25) is 0 Å². The van der Waals surface area contributed by atoms with Gasteiger partial charge < -0.3 is 10.5 Å². The van der Waals surface area contributed by atoms with Crippen molar-refractivity contribution in [3.63, 3.8) is 0 Å². The van der Waals surface area contributed by atoms with Crippen LogP contribution in [0.5, 0.6) is 0 Å². The van der Waals surface area contributed by atoms with Crippen LogP contribution in [0.3, 0.4) is 0 Å². The second-order valence-corrected chi connectivity index (χ2v) is 4.44. The molecule has 0 saturated carbocycles. The van der Waals surface area contributed by atoms with Gasteiger partial charge in [-0.1, -0.05) is 29.8 Å². The van der Waals surface area contributed by atoms with Crippen molar-refractivity contribution in [3.8, 4) is 0 Å². The fourth-order valence-electron chi connectivity index (χ4n) is 1.56. The highest BCUT2D eigenvalue weighted by Crippen LogP contribution is 2.30. The molecule has 1 aromatic carbocycles. The minimum atomic E-state index is -0.403. The molecule has 0 aromatic heterocycles. The first-order chi connectivity index (χ1) is 6.99. The van der Waals surface area contributed by atoms with Crippen molar-refractivity contribution in [3.05, 3.63) is 34.9 Å². The minimum Gasteiger partial charge on any atom is -0.374 e. The molecule has 0 saturated heterocycles. The summed E-state index contributed by atoms with van der Waals surface area (Å²) in [6, 6.07) is 7.40. The van der Waals surface area contributed by atoms with E-state index in [0.29, 0.717) is 11.6 Å². The minimum absolute atomic E-state index is 0.217. The first-order valence-electron chi connectivity index (χ1n) is 5.13. The monoisotopic (exact) mass is 227 g/mol. The van der Waals surface area contributed by atoms with Crippen LogP contribution in [0, 0.1) is 0 Å². The van der Waals surface area contributed by atoms with E-state index in [1.54, 1.807) is 0 Å². The summed E-state index contributed by atoms with van der Waals surface area (Å²) in [6.07, 6.45) is 0. The predicted molar refractivity (Wildman–Crippen MR) is 64.1 cm³/mol. The molecule has 0 fully saturated rings. The highest BCUT2D eigenvalue weighted by Gasteiger charge is 2.29. The lowest BCUT2D eigenvalue weighted by molar-refractivity contribution is -0.0297. The van der Waals surface area contributed by atoms with Crippen molar-refractivity contribution in [1.29, 1.82) is 0 Å². The Morgan fingerprint density at radius 3 is 2.53 bits per heavy atom. The molecule has 2 nitrogen and oxygen atoms in total. The zero-order valence-corrected chi connectivity index (χ0v) is 10.2. The highest BCUT2D eigenvalue weighted by atomic mass is 35.5. The quantitative estimate of drug-likeness (QED) is 0.858. The number of rotatable bonds is 4. The summed E-state index contributed by atoms with van der Waals surface area (Å²) in [5.41, 5.74) is 6.68. The smallest absolute Gasteiger partial charge is 0.0818 e. The lowest BCUT2D eigenvalue weighted by Gasteiger charge is -2.32.